The Morgan fingerprint density at radius 3 is 0.860 bits per heavy atom. The lowest BCUT2D eigenvalue weighted by Gasteiger charge is -2.18. The van der Waals surface area contributed by atoms with E-state index in [0.29, 0.717) is 19.3 Å². The molecule has 0 heterocycles. The van der Waals surface area contributed by atoms with Crippen LogP contribution in [0.3, 0.4) is 0 Å². The van der Waals surface area contributed by atoms with Crippen LogP contribution in [0.5, 0.6) is 0 Å². The maximum absolute atomic E-state index is 12.8. The minimum atomic E-state index is -0.761. The molecule has 0 aromatic heterocycles. The normalized spacial score (nSPS) is 12.1. The number of hydrogen-bond donors (Lipinski definition) is 0. The molecule has 0 fully saturated rings. The maximum Gasteiger partial charge on any atom is 0.306 e. The summed E-state index contributed by atoms with van der Waals surface area (Å²) in [6.45, 7) is 11.3. The molecule has 0 bridgehead atoms. The van der Waals surface area contributed by atoms with Gasteiger partial charge in [-0.05, 0) is 31.1 Å². The van der Waals surface area contributed by atoms with Gasteiger partial charge in [0.05, 0.1) is 0 Å². The van der Waals surface area contributed by atoms with Gasteiger partial charge in [0.15, 0.2) is 6.10 Å². The van der Waals surface area contributed by atoms with E-state index in [-0.39, 0.29) is 31.1 Å². The minimum absolute atomic E-state index is 0.0641. The zero-order valence-corrected chi connectivity index (χ0v) is 39.0. The summed E-state index contributed by atoms with van der Waals surface area (Å²) < 4.78 is 16.8. The molecule has 0 N–H and O–H groups in total. The Labute approximate surface area is 355 Å². The summed E-state index contributed by atoms with van der Waals surface area (Å²) in [6.07, 6.45) is 43.8. The molecule has 0 saturated carbocycles. The molecule has 0 amide bonds. The van der Waals surface area contributed by atoms with Gasteiger partial charge in [0, 0.05) is 19.3 Å². The average molecular weight is 807 g/mol. The Bertz CT molecular complexity index is 870. The van der Waals surface area contributed by atoms with Crippen LogP contribution >= 0.6 is 0 Å². The van der Waals surface area contributed by atoms with Gasteiger partial charge in [0.1, 0.15) is 13.2 Å². The third kappa shape index (κ3) is 45.3. The lowest BCUT2D eigenvalue weighted by molar-refractivity contribution is -0.167. The first-order chi connectivity index (χ1) is 27.7. The van der Waals surface area contributed by atoms with Crippen LogP contribution in [0.2, 0.25) is 0 Å². The zero-order chi connectivity index (χ0) is 41.9. The molecule has 0 unspecified atom stereocenters. The van der Waals surface area contributed by atoms with Gasteiger partial charge < -0.3 is 14.2 Å². The van der Waals surface area contributed by atoms with E-state index < -0.39 is 6.10 Å². The molecule has 6 heteroatoms. The number of rotatable bonds is 45. The zero-order valence-electron chi connectivity index (χ0n) is 39.0. The number of ether oxygens (including phenoxy) is 3. The fourth-order valence-electron chi connectivity index (χ4n) is 7.64. The summed E-state index contributed by atoms with van der Waals surface area (Å²) in [5, 5.41) is 0. The summed E-state index contributed by atoms with van der Waals surface area (Å²) in [7, 11) is 0. The predicted molar refractivity (Wildman–Crippen MR) is 243 cm³/mol. The van der Waals surface area contributed by atoms with Gasteiger partial charge in [-0.2, -0.15) is 0 Å². The molecule has 1 atom stereocenters. The molecule has 338 valence electrons. The monoisotopic (exact) mass is 807 g/mol. The van der Waals surface area contributed by atoms with Crippen LogP contribution in [0.4, 0.5) is 0 Å². The Balaban J connectivity index is 4.29. The molecule has 0 aliphatic rings. The fourth-order valence-corrected chi connectivity index (χ4v) is 7.64. The van der Waals surface area contributed by atoms with E-state index in [1.807, 2.05) is 0 Å². The van der Waals surface area contributed by atoms with Crippen LogP contribution in [-0.2, 0) is 28.6 Å². The lowest BCUT2D eigenvalue weighted by Crippen LogP contribution is -2.30. The second-order valence-corrected chi connectivity index (χ2v) is 18.4. The maximum atomic E-state index is 12.8. The number of esters is 3. The van der Waals surface area contributed by atoms with E-state index in [2.05, 4.69) is 34.6 Å². The largest absolute Gasteiger partial charge is 0.462 e. The van der Waals surface area contributed by atoms with Gasteiger partial charge in [0.25, 0.3) is 0 Å². The summed E-state index contributed by atoms with van der Waals surface area (Å²) in [5.74, 6) is 0.788. The second-order valence-electron chi connectivity index (χ2n) is 18.4. The lowest BCUT2D eigenvalue weighted by atomic mass is 10.0. The molecule has 0 radical (unpaired) electrons. The highest BCUT2D eigenvalue weighted by Gasteiger charge is 2.19. The first-order valence-corrected chi connectivity index (χ1v) is 25.2. The molecule has 57 heavy (non-hydrogen) atoms. The van der Waals surface area contributed by atoms with Crippen molar-refractivity contribution in [3.8, 4) is 0 Å². The van der Waals surface area contributed by atoms with Crippen LogP contribution < -0.4 is 0 Å². The quantitative estimate of drug-likeness (QED) is 0.0346. The Kier molecular flexibility index (Phi) is 42.7. The van der Waals surface area contributed by atoms with E-state index in [4.69, 9.17) is 14.2 Å². The SMILES string of the molecule is CCCCCCCCCCCCCC(=O)OC[C@H](COC(=O)CCCCCCCCCCC(C)C)OC(=O)CCCCCCCCCCCCCCCCC(C)C. The molecule has 0 saturated heterocycles. The van der Waals surface area contributed by atoms with Gasteiger partial charge in [-0.25, -0.2) is 0 Å². The third-order valence-electron chi connectivity index (χ3n) is 11.5. The minimum Gasteiger partial charge on any atom is -0.462 e. The van der Waals surface area contributed by atoms with Crippen LogP contribution in [0.1, 0.15) is 279 Å². The molecule has 0 aliphatic carbocycles. The van der Waals surface area contributed by atoms with Crippen molar-refractivity contribution in [2.24, 2.45) is 11.8 Å². The highest BCUT2D eigenvalue weighted by atomic mass is 16.6. The number of hydrogen-bond acceptors (Lipinski definition) is 6. The molecule has 0 aromatic carbocycles. The third-order valence-corrected chi connectivity index (χ3v) is 11.5. The summed E-state index contributed by atoms with van der Waals surface area (Å²) in [4.78, 5) is 37.8. The molecule has 6 nitrogen and oxygen atoms in total. The Hall–Kier alpha value is -1.59. The van der Waals surface area contributed by atoms with Crippen molar-refractivity contribution >= 4 is 17.9 Å². The van der Waals surface area contributed by atoms with E-state index in [1.54, 1.807) is 0 Å². The van der Waals surface area contributed by atoms with Gasteiger partial charge in [-0.1, -0.05) is 240 Å². The number of unbranched alkanes of at least 4 members (excludes halogenated alkanes) is 30. The van der Waals surface area contributed by atoms with Crippen molar-refractivity contribution in [3.05, 3.63) is 0 Å². The first-order valence-electron chi connectivity index (χ1n) is 25.2. The standard InChI is InChI=1S/C51H98O6/c1-6-7-8-9-10-11-16-20-26-31-36-41-49(52)55-44-48(45-56-50(53)42-37-32-27-23-22-25-30-35-40-47(4)5)57-51(54)43-38-33-28-21-18-15-13-12-14-17-19-24-29-34-39-46(2)3/h46-48H,6-45H2,1-5H3/t48-/m1/s1. The molecular weight excluding hydrogens is 709 g/mol. The fraction of sp³-hybridized carbons (Fsp3) is 0.941. The van der Waals surface area contributed by atoms with Crippen molar-refractivity contribution in [2.75, 3.05) is 13.2 Å². The van der Waals surface area contributed by atoms with Crippen LogP contribution in [0.25, 0.3) is 0 Å². The summed E-state index contributed by atoms with van der Waals surface area (Å²) in [6, 6.07) is 0. The second kappa shape index (κ2) is 44.0. The van der Waals surface area contributed by atoms with Crippen LogP contribution in [0.15, 0.2) is 0 Å². The van der Waals surface area contributed by atoms with Crippen molar-refractivity contribution in [3.63, 3.8) is 0 Å². The topological polar surface area (TPSA) is 78.9 Å². The van der Waals surface area contributed by atoms with E-state index in [0.717, 1.165) is 69.6 Å². The number of carbonyl (C=O) groups excluding carboxylic acids is 3. The van der Waals surface area contributed by atoms with Gasteiger partial charge in [0.2, 0.25) is 0 Å². The highest BCUT2D eigenvalue weighted by Crippen LogP contribution is 2.17. The molecular formula is C51H98O6. The van der Waals surface area contributed by atoms with Crippen molar-refractivity contribution in [1.82, 2.24) is 0 Å². The molecule has 0 spiro atoms. The Morgan fingerprint density at radius 2 is 0.579 bits per heavy atom. The van der Waals surface area contributed by atoms with E-state index in [9.17, 15) is 14.4 Å². The predicted octanol–water partition coefficient (Wildman–Crippen LogP) is 16.1. The van der Waals surface area contributed by atoms with Crippen molar-refractivity contribution < 1.29 is 28.6 Å². The van der Waals surface area contributed by atoms with Gasteiger partial charge in [-0.15, -0.1) is 0 Å². The first kappa shape index (κ1) is 55.4. The molecule has 0 aromatic rings. The summed E-state index contributed by atoms with van der Waals surface area (Å²) >= 11 is 0. The van der Waals surface area contributed by atoms with Crippen molar-refractivity contribution in [2.45, 2.75) is 285 Å². The average Bonchev–Trinajstić information content (AvgIpc) is 3.18. The van der Waals surface area contributed by atoms with Gasteiger partial charge in [-0.3, -0.25) is 14.4 Å². The summed E-state index contributed by atoms with van der Waals surface area (Å²) in [5.41, 5.74) is 0. The van der Waals surface area contributed by atoms with E-state index in [1.165, 1.54) is 167 Å². The van der Waals surface area contributed by atoms with Gasteiger partial charge >= 0.3 is 17.9 Å². The molecule has 0 aliphatic heterocycles. The number of carbonyl (C=O) groups is 3. The van der Waals surface area contributed by atoms with Crippen LogP contribution in [0, 0.1) is 11.8 Å². The van der Waals surface area contributed by atoms with E-state index >= 15 is 0 Å². The smallest absolute Gasteiger partial charge is 0.306 e. The Morgan fingerprint density at radius 1 is 0.333 bits per heavy atom. The molecule has 0 rings (SSSR count). The highest BCUT2D eigenvalue weighted by molar-refractivity contribution is 5.71. The van der Waals surface area contributed by atoms with Crippen LogP contribution in [-0.4, -0.2) is 37.2 Å². The van der Waals surface area contributed by atoms with Crippen molar-refractivity contribution in [1.29, 1.82) is 0 Å².